The lowest BCUT2D eigenvalue weighted by Gasteiger charge is -2.19. The third-order valence-corrected chi connectivity index (χ3v) is 12.5. The van der Waals surface area contributed by atoms with Crippen molar-refractivity contribution in [1.82, 2.24) is 0 Å². The maximum absolute atomic E-state index is 2.42. The van der Waals surface area contributed by atoms with Crippen molar-refractivity contribution >= 4 is 63.8 Å². The van der Waals surface area contributed by atoms with E-state index >= 15 is 0 Å². The highest BCUT2D eigenvalue weighted by Gasteiger charge is 2.18. The van der Waals surface area contributed by atoms with E-state index in [0.29, 0.717) is 0 Å². The number of benzene rings is 10. The predicted octanol–water partition coefficient (Wildman–Crippen LogP) is 15.8. The molecule has 0 bridgehead atoms. The van der Waals surface area contributed by atoms with Crippen LogP contribution in [0.25, 0.3) is 108 Å². The molecule has 0 aliphatic carbocycles. The topological polar surface area (TPSA) is 0 Å². The van der Waals surface area contributed by atoms with E-state index in [1.54, 1.807) is 0 Å². The Balaban J connectivity index is 1.05. The summed E-state index contributed by atoms with van der Waals surface area (Å²) in [5.74, 6) is 0. The largest absolute Gasteiger partial charge is 0.135 e. The van der Waals surface area contributed by atoms with E-state index in [4.69, 9.17) is 0 Å². The summed E-state index contributed by atoms with van der Waals surface area (Å²) in [6, 6.07) is 75.9. The molecule has 0 N–H and O–H groups in total. The van der Waals surface area contributed by atoms with Gasteiger partial charge in [0.25, 0.3) is 0 Å². The smallest absolute Gasteiger partial charge is 0.0433 e. The number of thiophene rings is 1. The molecule has 256 valence electrons. The molecule has 0 radical (unpaired) electrons. The van der Waals surface area contributed by atoms with Crippen molar-refractivity contribution in [3.8, 4) is 55.6 Å². The summed E-state index contributed by atoms with van der Waals surface area (Å²) in [4.78, 5) is 0. The molecule has 0 nitrogen and oxygen atoms in total. The zero-order chi connectivity index (χ0) is 36.3. The van der Waals surface area contributed by atoms with E-state index in [1.807, 2.05) is 11.3 Å². The Labute approximate surface area is 324 Å². The van der Waals surface area contributed by atoms with Gasteiger partial charge in [0.1, 0.15) is 0 Å². The quantitative estimate of drug-likeness (QED) is 0.156. The first-order chi connectivity index (χ1) is 27.3. The molecule has 1 heteroatoms. The minimum atomic E-state index is 1.21. The van der Waals surface area contributed by atoms with E-state index in [1.165, 1.54) is 108 Å². The van der Waals surface area contributed by atoms with Gasteiger partial charge in [0, 0.05) is 20.2 Å². The van der Waals surface area contributed by atoms with Crippen LogP contribution in [0.15, 0.2) is 206 Å². The zero-order valence-electron chi connectivity index (χ0n) is 30.0. The Bertz CT molecular complexity index is 3240. The lowest BCUT2D eigenvalue weighted by atomic mass is 9.85. The van der Waals surface area contributed by atoms with Crippen LogP contribution in [0.4, 0.5) is 0 Å². The van der Waals surface area contributed by atoms with Crippen LogP contribution in [-0.2, 0) is 0 Å². The molecule has 0 unspecified atom stereocenters. The molecule has 0 fully saturated rings. The van der Waals surface area contributed by atoms with Crippen LogP contribution in [0.3, 0.4) is 0 Å². The summed E-state index contributed by atoms with van der Waals surface area (Å²) in [6.45, 7) is 0. The van der Waals surface area contributed by atoms with Gasteiger partial charge in [0.2, 0.25) is 0 Å². The fourth-order valence-corrected chi connectivity index (χ4v) is 9.85. The maximum atomic E-state index is 2.42. The molecular weight excluding hydrogens is 681 g/mol. The molecule has 0 saturated heterocycles. The predicted molar refractivity (Wildman–Crippen MR) is 239 cm³/mol. The average Bonchev–Trinajstić information content (AvgIpc) is 3.64. The van der Waals surface area contributed by atoms with Crippen molar-refractivity contribution < 1.29 is 0 Å². The van der Waals surface area contributed by atoms with Crippen molar-refractivity contribution in [3.05, 3.63) is 206 Å². The van der Waals surface area contributed by atoms with E-state index in [2.05, 4.69) is 206 Å². The van der Waals surface area contributed by atoms with Gasteiger partial charge in [-0.15, -0.1) is 11.3 Å². The lowest BCUT2D eigenvalue weighted by Crippen LogP contribution is -1.91. The second-order valence-electron chi connectivity index (χ2n) is 14.4. The van der Waals surface area contributed by atoms with Crippen molar-refractivity contribution in [2.24, 2.45) is 0 Å². The van der Waals surface area contributed by atoms with Gasteiger partial charge in [-0.2, -0.15) is 0 Å². The van der Waals surface area contributed by atoms with Gasteiger partial charge in [-0.3, -0.25) is 0 Å². The molecule has 0 spiro atoms. The monoisotopic (exact) mass is 714 g/mol. The molecular formula is C54H34S. The molecule has 1 aromatic heterocycles. The fraction of sp³-hybridized carbons (Fsp3) is 0. The van der Waals surface area contributed by atoms with E-state index in [-0.39, 0.29) is 0 Å². The van der Waals surface area contributed by atoms with E-state index in [0.717, 1.165) is 0 Å². The molecule has 0 saturated carbocycles. The maximum Gasteiger partial charge on any atom is 0.0433 e. The Morgan fingerprint density at radius 2 is 0.764 bits per heavy atom. The van der Waals surface area contributed by atoms with E-state index in [9.17, 15) is 0 Å². The van der Waals surface area contributed by atoms with Gasteiger partial charge in [-0.25, -0.2) is 0 Å². The fourth-order valence-electron chi connectivity index (χ4n) is 8.63. The molecule has 55 heavy (non-hydrogen) atoms. The normalized spacial score (nSPS) is 11.6. The number of hydrogen-bond acceptors (Lipinski definition) is 1. The van der Waals surface area contributed by atoms with Gasteiger partial charge >= 0.3 is 0 Å². The van der Waals surface area contributed by atoms with Gasteiger partial charge in [0.15, 0.2) is 0 Å². The van der Waals surface area contributed by atoms with Crippen LogP contribution >= 0.6 is 11.3 Å². The SMILES string of the molecule is c1ccc(-c2c3ccccc3c(-c3ccccc3)c3cc(-c4cccc(-c5ccc6sc7c(-c8ccc9ccccc9c8)cccc7c6c5)c4)ccc23)cc1. The Hall–Kier alpha value is -6.80. The standard InChI is InChI=1S/C54H34S/c1-3-14-36(15-4-1)52-45-21-9-10-22-46(45)53(37-16-5-2-6-17-37)50-34-41(27-29-47(50)52)39-19-11-20-40(31-39)42-28-30-51-49(33-42)48-24-12-23-44(54(48)55-51)43-26-25-35-13-7-8-18-38(35)32-43/h1-34H. The molecule has 11 aromatic rings. The van der Waals surface area contributed by atoms with Gasteiger partial charge in [-0.1, -0.05) is 176 Å². The summed E-state index contributed by atoms with van der Waals surface area (Å²) in [5.41, 5.74) is 12.5. The van der Waals surface area contributed by atoms with Crippen LogP contribution in [0, 0.1) is 0 Å². The Morgan fingerprint density at radius 1 is 0.255 bits per heavy atom. The van der Waals surface area contributed by atoms with Crippen molar-refractivity contribution in [1.29, 1.82) is 0 Å². The lowest BCUT2D eigenvalue weighted by molar-refractivity contribution is 1.61. The number of rotatable bonds is 5. The second kappa shape index (κ2) is 13.0. The molecule has 11 rings (SSSR count). The van der Waals surface area contributed by atoms with E-state index < -0.39 is 0 Å². The Kier molecular flexibility index (Phi) is 7.46. The highest BCUT2D eigenvalue weighted by Crippen LogP contribution is 2.46. The Morgan fingerprint density at radius 3 is 1.49 bits per heavy atom. The first kappa shape index (κ1) is 31.7. The summed E-state index contributed by atoms with van der Waals surface area (Å²) in [5, 5.41) is 10.2. The summed E-state index contributed by atoms with van der Waals surface area (Å²) in [7, 11) is 0. The first-order valence-corrected chi connectivity index (χ1v) is 19.7. The van der Waals surface area contributed by atoms with Gasteiger partial charge in [0.05, 0.1) is 0 Å². The molecule has 0 atom stereocenters. The molecule has 1 heterocycles. The first-order valence-electron chi connectivity index (χ1n) is 18.9. The third-order valence-electron chi connectivity index (χ3n) is 11.2. The van der Waals surface area contributed by atoms with Crippen molar-refractivity contribution in [2.45, 2.75) is 0 Å². The second-order valence-corrected chi connectivity index (χ2v) is 15.5. The highest BCUT2D eigenvalue weighted by molar-refractivity contribution is 7.26. The minimum Gasteiger partial charge on any atom is -0.135 e. The molecule has 10 aromatic carbocycles. The van der Waals surface area contributed by atoms with Crippen LogP contribution in [0.2, 0.25) is 0 Å². The van der Waals surface area contributed by atoms with Crippen LogP contribution < -0.4 is 0 Å². The van der Waals surface area contributed by atoms with Crippen molar-refractivity contribution in [2.75, 3.05) is 0 Å². The van der Waals surface area contributed by atoms with Crippen LogP contribution in [-0.4, -0.2) is 0 Å². The van der Waals surface area contributed by atoms with Crippen molar-refractivity contribution in [3.63, 3.8) is 0 Å². The summed E-state index contributed by atoms with van der Waals surface area (Å²) in [6.07, 6.45) is 0. The number of fused-ring (bicyclic) bond motifs is 6. The van der Waals surface area contributed by atoms with Gasteiger partial charge in [-0.05, 0) is 118 Å². The van der Waals surface area contributed by atoms with Crippen LogP contribution in [0.1, 0.15) is 0 Å². The average molecular weight is 715 g/mol. The molecule has 0 aliphatic rings. The van der Waals surface area contributed by atoms with Gasteiger partial charge < -0.3 is 0 Å². The zero-order valence-corrected chi connectivity index (χ0v) is 30.9. The van der Waals surface area contributed by atoms with Crippen LogP contribution in [0.5, 0.6) is 0 Å². The molecule has 0 aliphatic heterocycles. The minimum absolute atomic E-state index is 1.21. The molecule has 0 amide bonds. The number of hydrogen-bond donors (Lipinski definition) is 0. The summed E-state index contributed by atoms with van der Waals surface area (Å²) >= 11 is 1.89. The highest BCUT2D eigenvalue weighted by atomic mass is 32.1. The third kappa shape index (κ3) is 5.35. The summed E-state index contributed by atoms with van der Waals surface area (Å²) < 4.78 is 2.65.